The SMILES string of the molecule is Cc1cc(C)c(NC(=O)CC(=O)NC2CC2)c(Cl)c1. The summed E-state index contributed by atoms with van der Waals surface area (Å²) in [5, 5.41) is 5.97. The van der Waals surface area contributed by atoms with Crippen molar-refractivity contribution in [3.05, 3.63) is 28.3 Å². The van der Waals surface area contributed by atoms with E-state index in [-0.39, 0.29) is 24.3 Å². The van der Waals surface area contributed by atoms with Crippen LogP contribution in [0.2, 0.25) is 5.02 Å². The van der Waals surface area contributed by atoms with Gasteiger partial charge in [-0.1, -0.05) is 17.7 Å². The summed E-state index contributed by atoms with van der Waals surface area (Å²) in [5.41, 5.74) is 2.50. The lowest BCUT2D eigenvalue weighted by Gasteiger charge is -2.11. The highest BCUT2D eigenvalue weighted by Crippen LogP contribution is 2.27. The number of hydrogen-bond acceptors (Lipinski definition) is 2. The normalized spacial score (nSPS) is 14.1. The lowest BCUT2D eigenvalue weighted by Crippen LogP contribution is -2.29. The zero-order chi connectivity index (χ0) is 14.0. The van der Waals surface area contributed by atoms with E-state index in [1.165, 1.54) is 0 Å². The highest BCUT2D eigenvalue weighted by molar-refractivity contribution is 6.34. The Balaban J connectivity index is 1.96. The lowest BCUT2D eigenvalue weighted by atomic mass is 10.1. The number of anilines is 1. The molecule has 1 aromatic carbocycles. The van der Waals surface area contributed by atoms with Gasteiger partial charge in [-0.2, -0.15) is 0 Å². The highest BCUT2D eigenvalue weighted by Gasteiger charge is 2.24. The van der Waals surface area contributed by atoms with Gasteiger partial charge in [-0.15, -0.1) is 0 Å². The summed E-state index contributed by atoms with van der Waals surface area (Å²) >= 11 is 6.09. The van der Waals surface area contributed by atoms with Crippen molar-refractivity contribution in [2.75, 3.05) is 5.32 Å². The van der Waals surface area contributed by atoms with Gasteiger partial charge in [-0.25, -0.2) is 0 Å². The van der Waals surface area contributed by atoms with Crippen molar-refractivity contribution in [1.29, 1.82) is 0 Å². The van der Waals surface area contributed by atoms with Crippen LogP contribution >= 0.6 is 11.6 Å². The average molecular weight is 281 g/mol. The Morgan fingerprint density at radius 3 is 2.53 bits per heavy atom. The Hall–Kier alpha value is -1.55. The zero-order valence-corrected chi connectivity index (χ0v) is 11.8. The molecule has 2 N–H and O–H groups in total. The van der Waals surface area contributed by atoms with Gasteiger partial charge in [0.05, 0.1) is 10.7 Å². The molecule has 5 heteroatoms. The summed E-state index contributed by atoms with van der Waals surface area (Å²) < 4.78 is 0. The van der Waals surface area contributed by atoms with Crippen LogP contribution in [0.5, 0.6) is 0 Å². The molecule has 2 rings (SSSR count). The average Bonchev–Trinajstić information content (AvgIpc) is 3.06. The van der Waals surface area contributed by atoms with Crippen molar-refractivity contribution in [3.8, 4) is 0 Å². The van der Waals surface area contributed by atoms with Gasteiger partial charge in [0.15, 0.2) is 0 Å². The second kappa shape index (κ2) is 5.61. The maximum Gasteiger partial charge on any atom is 0.233 e. The number of carbonyl (C=O) groups is 2. The van der Waals surface area contributed by atoms with Crippen LogP contribution in [0.25, 0.3) is 0 Å². The first-order valence-corrected chi connectivity index (χ1v) is 6.69. The summed E-state index contributed by atoms with van der Waals surface area (Å²) in [5.74, 6) is -0.576. The van der Waals surface area contributed by atoms with E-state index in [1.54, 1.807) is 6.07 Å². The van der Waals surface area contributed by atoms with Gasteiger partial charge in [-0.3, -0.25) is 9.59 Å². The molecule has 0 spiro atoms. The Labute approximate surface area is 117 Å². The smallest absolute Gasteiger partial charge is 0.233 e. The minimum atomic E-state index is -0.341. The molecule has 1 aromatic rings. The second-order valence-corrected chi connectivity index (χ2v) is 5.41. The first-order chi connectivity index (χ1) is 8.95. The summed E-state index contributed by atoms with van der Waals surface area (Å²) in [7, 11) is 0. The van der Waals surface area contributed by atoms with Gasteiger partial charge in [0.2, 0.25) is 11.8 Å². The molecule has 1 aliphatic rings. The van der Waals surface area contributed by atoms with Gasteiger partial charge in [0.25, 0.3) is 0 Å². The summed E-state index contributed by atoms with van der Waals surface area (Å²) in [6.07, 6.45) is 1.85. The van der Waals surface area contributed by atoms with Gasteiger partial charge in [0, 0.05) is 6.04 Å². The summed E-state index contributed by atoms with van der Waals surface area (Å²) in [6.45, 7) is 3.81. The van der Waals surface area contributed by atoms with E-state index in [9.17, 15) is 9.59 Å². The first-order valence-electron chi connectivity index (χ1n) is 6.31. The van der Waals surface area contributed by atoms with E-state index in [0.717, 1.165) is 24.0 Å². The highest BCUT2D eigenvalue weighted by atomic mass is 35.5. The molecule has 0 heterocycles. The molecule has 0 aliphatic heterocycles. The molecule has 19 heavy (non-hydrogen) atoms. The minimum absolute atomic E-state index is 0.167. The predicted molar refractivity (Wildman–Crippen MR) is 75.3 cm³/mol. The fraction of sp³-hybridized carbons (Fsp3) is 0.429. The molecule has 1 fully saturated rings. The maximum absolute atomic E-state index is 11.8. The molecule has 0 atom stereocenters. The Kier molecular flexibility index (Phi) is 4.10. The van der Waals surface area contributed by atoms with E-state index in [1.807, 2.05) is 19.9 Å². The van der Waals surface area contributed by atoms with Crippen LogP contribution < -0.4 is 10.6 Å². The lowest BCUT2D eigenvalue weighted by molar-refractivity contribution is -0.126. The minimum Gasteiger partial charge on any atom is -0.353 e. The number of carbonyl (C=O) groups excluding carboxylic acids is 2. The largest absolute Gasteiger partial charge is 0.353 e. The summed E-state index contributed by atoms with van der Waals surface area (Å²) in [4.78, 5) is 23.3. The molecule has 2 amide bonds. The van der Waals surface area contributed by atoms with Gasteiger partial charge in [0.1, 0.15) is 6.42 Å². The fourth-order valence-electron chi connectivity index (χ4n) is 1.91. The second-order valence-electron chi connectivity index (χ2n) is 5.01. The van der Waals surface area contributed by atoms with Crippen molar-refractivity contribution in [2.45, 2.75) is 39.2 Å². The topological polar surface area (TPSA) is 58.2 Å². The number of benzene rings is 1. The molecule has 0 aromatic heterocycles. The molecule has 102 valence electrons. The number of rotatable bonds is 4. The molecule has 0 bridgehead atoms. The van der Waals surface area contributed by atoms with Crippen molar-refractivity contribution < 1.29 is 9.59 Å². The third-order valence-electron chi connectivity index (χ3n) is 2.96. The van der Waals surface area contributed by atoms with Gasteiger partial charge in [-0.05, 0) is 43.9 Å². The van der Waals surface area contributed by atoms with Crippen LogP contribution in [-0.4, -0.2) is 17.9 Å². The number of hydrogen-bond donors (Lipinski definition) is 2. The zero-order valence-electron chi connectivity index (χ0n) is 11.0. The molecular weight excluding hydrogens is 264 g/mol. The third kappa shape index (κ3) is 3.96. The van der Waals surface area contributed by atoms with Crippen LogP contribution in [0, 0.1) is 13.8 Å². The summed E-state index contributed by atoms with van der Waals surface area (Å²) in [6, 6.07) is 3.99. The third-order valence-corrected chi connectivity index (χ3v) is 3.26. The van der Waals surface area contributed by atoms with E-state index >= 15 is 0 Å². The van der Waals surface area contributed by atoms with E-state index in [2.05, 4.69) is 10.6 Å². The maximum atomic E-state index is 11.8. The van der Waals surface area contributed by atoms with Gasteiger partial charge >= 0.3 is 0 Å². The molecule has 0 radical (unpaired) electrons. The molecule has 1 aliphatic carbocycles. The Morgan fingerprint density at radius 2 is 1.95 bits per heavy atom. The van der Waals surface area contributed by atoms with Crippen molar-refractivity contribution in [2.24, 2.45) is 0 Å². The fourth-order valence-corrected chi connectivity index (χ4v) is 2.28. The van der Waals surface area contributed by atoms with Crippen LogP contribution in [0.15, 0.2) is 12.1 Å². The number of amides is 2. The quantitative estimate of drug-likeness (QED) is 0.833. The molecular formula is C14H17ClN2O2. The van der Waals surface area contributed by atoms with Gasteiger partial charge < -0.3 is 10.6 Å². The van der Waals surface area contributed by atoms with E-state index < -0.39 is 0 Å². The van der Waals surface area contributed by atoms with Crippen molar-refractivity contribution in [3.63, 3.8) is 0 Å². The monoisotopic (exact) mass is 280 g/mol. The van der Waals surface area contributed by atoms with Crippen LogP contribution in [0.4, 0.5) is 5.69 Å². The Bertz CT molecular complexity index is 501. The van der Waals surface area contributed by atoms with Crippen LogP contribution in [-0.2, 0) is 9.59 Å². The number of halogens is 1. The molecule has 0 saturated heterocycles. The van der Waals surface area contributed by atoms with Crippen molar-refractivity contribution in [1.82, 2.24) is 5.32 Å². The number of nitrogens with one attached hydrogen (secondary N) is 2. The van der Waals surface area contributed by atoms with Crippen LogP contribution in [0.1, 0.15) is 30.4 Å². The van der Waals surface area contributed by atoms with Crippen LogP contribution in [0.3, 0.4) is 0 Å². The molecule has 0 unspecified atom stereocenters. The standard InChI is InChI=1S/C14H17ClN2O2/c1-8-5-9(2)14(11(15)6-8)17-13(19)7-12(18)16-10-3-4-10/h5-6,10H,3-4,7H2,1-2H3,(H,16,18)(H,17,19). The first kappa shape index (κ1) is 13.9. The Morgan fingerprint density at radius 1 is 1.26 bits per heavy atom. The van der Waals surface area contributed by atoms with E-state index in [4.69, 9.17) is 11.6 Å². The molecule has 1 saturated carbocycles. The van der Waals surface area contributed by atoms with Crippen molar-refractivity contribution >= 4 is 29.1 Å². The predicted octanol–water partition coefficient (Wildman–Crippen LogP) is 2.56. The number of aryl methyl sites for hydroxylation is 2. The van der Waals surface area contributed by atoms with E-state index in [0.29, 0.717) is 10.7 Å². The molecule has 4 nitrogen and oxygen atoms in total.